The van der Waals surface area contributed by atoms with Crippen LogP contribution in [-0.4, -0.2) is 47.4 Å². The highest BCUT2D eigenvalue weighted by molar-refractivity contribution is 5.96. The highest BCUT2D eigenvalue weighted by Crippen LogP contribution is 2.10. The van der Waals surface area contributed by atoms with Crippen molar-refractivity contribution in [2.24, 2.45) is 0 Å². The Morgan fingerprint density at radius 2 is 2.05 bits per heavy atom. The summed E-state index contributed by atoms with van der Waals surface area (Å²) in [6.45, 7) is 3.50. The van der Waals surface area contributed by atoms with E-state index < -0.39 is 11.9 Å². The predicted octanol–water partition coefficient (Wildman–Crippen LogP) is 0.574. The van der Waals surface area contributed by atoms with Crippen LogP contribution < -0.4 is 5.32 Å². The van der Waals surface area contributed by atoms with Crippen molar-refractivity contribution < 1.29 is 23.9 Å². The van der Waals surface area contributed by atoms with E-state index in [-0.39, 0.29) is 29.8 Å². The Hall–Kier alpha value is -2.31. The fourth-order valence-electron chi connectivity index (χ4n) is 1.40. The number of nitrogens with one attached hydrogen (secondary N) is 1. The maximum absolute atomic E-state index is 11.9. The van der Waals surface area contributed by atoms with Crippen LogP contribution in [-0.2, 0) is 4.79 Å². The van der Waals surface area contributed by atoms with Crippen molar-refractivity contribution in [2.45, 2.75) is 19.9 Å². The third-order valence-corrected chi connectivity index (χ3v) is 2.23. The normalized spacial score (nSPS) is 10.3. The number of furan rings is 1. The Bertz CT molecular complexity index is 492. The van der Waals surface area contributed by atoms with Crippen molar-refractivity contribution >= 4 is 17.8 Å². The Morgan fingerprint density at radius 3 is 2.53 bits per heavy atom. The number of carboxylic acids is 1. The standard InChI is InChI=1S/C12H16N2O5/c1-7(2)13-10(15)5-14(3)11(16)9-4-8(6-19-9)12(17)18/h4,6-7H,5H2,1-3H3,(H,13,15)(H,17,18). The molecule has 0 unspecified atom stereocenters. The molecular weight excluding hydrogens is 252 g/mol. The van der Waals surface area contributed by atoms with Crippen molar-refractivity contribution in [3.05, 3.63) is 23.7 Å². The summed E-state index contributed by atoms with van der Waals surface area (Å²) in [6.07, 6.45) is 0.984. The molecule has 0 spiro atoms. The van der Waals surface area contributed by atoms with Crippen LogP contribution in [0.2, 0.25) is 0 Å². The summed E-state index contributed by atoms with van der Waals surface area (Å²) in [5.74, 6) is -2.14. The van der Waals surface area contributed by atoms with Gasteiger partial charge in [-0.1, -0.05) is 0 Å². The van der Waals surface area contributed by atoms with E-state index in [0.29, 0.717) is 0 Å². The summed E-state index contributed by atoms with van der Waals surface area (Å²) >= 11 is 0. The lowest BCUT2D eigenvalue weighted by Crippen LogP contribution is -2.40. The van der Waals surface area contributed by atoms with Gasteiger partial charge in [0.15, 0.2) is 5.76 Å². The lowest BCUT2D eigenvalue weighted by molar-refractivity contribution is -0.122. The summed E-state index contributed by atoms with van der Waals surface area (Å²) in [4.78, 5) is 35.2. The van der Waals surface area contributed by atoms with Crippen LogP contribution in [0.3, 0.4) is 0 Å². The zero-order valence-corrected chi connectivity index (χ0v) is 11.0. The minimum absolute atomic E-state index is 0.0155. The van der Waals surface area contributed by atoms with E-state index in [1.165, 1.54) is 7.05 Å². The molecule has 0 aliphatic carbocycles. The van der Waals surface area contributed by atoms with Gasteiger partial charge in [-0.3, -0.25) is 9.59 Å². The first-order chi connectivity index (χ1) is 8.81. The number of nitrogens with zero attached hydrogens (tertiary/aromatic N) is 1. The fraction of sp³-hybridized carbons (Fsp3) is 0.417. The van der Waals surface area contributed by atoms with Gasteiger partial charge in [-0.15, -0.1) is 0 Å². The topological polar surface area (TPSA) is 99.9 Å². The van der Waals surface area contributed by atoms with Gasteiger partial charge in [0.25, 0.3) is 5.91 Å². The zero-order chi connectivity index (χ0) is 14.6. The molecule has 1 heterocycles. The Morgan fingerprint density at radius 1 is 1.42 bits per heavy atom. The van der Waals surface area contributed by atoms with Crippen molar-refractivity contribution in [3.63, 3.8) is 0 Å². The molecule has 0 aliphatic heterocycles. The number of hydrogen-bond donors (Lipinski definition) is 2. The number of hydrogen-bond acceptors (Lipinski definition) is 4. The van der Waals surface area contributed by atoms with Gasteiger partial charge >= 0.3 is 5.97 Å². The molecule has 2 amide bonds. The van der Waals surface area contributed by atoms with Crippen LogP contribution in [0.5, 0.6) is 0 Å². The van der Waals surface area contributed by atoms with Crippen LogP contribution in [0, 0.1) is 0 Å². The van der Waals surface area contributed by atoms with Crippen molar-refractivity contribution in [3.8, 4) is 0 Å². The molecule has 0 saturated heterocycles. The quantitative estimate of drug-likeness (QED) is 0.813. The number of carbonyl (C=O) groups excluding carboxylic acids is 2. The second-order valence-electron chi connectivity index (χ2n) is 4.39. The van der Waals surface area contributed by atoms with Crippen LogP contribution >= 0.6 is 0 Å². The lowest BCUT2D eigenvalue weighted by atomic mass is 10.3. The molecule has 1 aromatic rings. The maximum atomic E-state index is 11.9. The smallest absolute Gasteiger partial charge is 0.338 e. The molecule has 7 nitrogen and oxygen atoms in total. The molecule has 1 rings (SSSR count). The predicted molar refractivity (Wildman–Crippen MR) is 65.9 cm³/mol. The monoisotopic (exact) mass is 268 g/mol. The Labute approximate surface area is 110 Å². The van der Waals surface area contributed by atoms with E-state index in [9.17, 15) is 14.4 Å². The lowest BCUT2D eigenvalue weighted by Gasteiger charge is -2.16. The van der Waals surface area contributed by atoms with Crippen molar-refractivity contribution in [2.75, 3.05) is 13.6 Å². The highest BCUT2D eigenvalue weighted by atomic mass is 16.4. The van der Waals surface area contributed by atoms with Crippen LogP contribution in [0.4, 0.5) is 0 Å². The zero-order valence-electron chi connectivity index (χ0n) is 11.0. The number of carboxylic acid groups (broad SMARTS) is 1. The minimum Gasteiger partial charge on any atom is -0.478 e. The van der Waals surface area contributed by atoms with E-state index >= 15 is 0 Å². The van der Waals surface area contributed by atoms with E-state index in [4.69, 9.17) is 9.52 Å². The summed E-state index contributed by atoms with van der Waals surface area (Å²) in [7, 11) is 1.44. The highest BCUT2D eigenvalue weighted by Gasteiger charge is 2.20. The number of aromatic carboxylic acids is 1. The average molecular weight is 268 g/mol. The average Bonchev–Trinajstić information content (AvgIpc) is 2.75. The summed E-state index contributed by atoms with van der Waals surface area (Å²) in [5, 5.41) is 11.4. The van der Waals surface area contributed by atoms with Crippen LogP contribution in [0.1, 0.15) is 34.8 Å². The van der Waals surface area contributed by atoms with Crippen LogP contribution in [0.25, 0.3) is 0 Å². The Kier molecular flexibility index (Phi) is 4.68. The molecular formula is C12H16N2O5. The molecule has 19 heavy (non-hydrogen) atoms. The van der Waals surface area contributed by atoms with Crippen molar-refractivity contribution in [1.29, 1.82) is 0 Å². The first-order valence-corrected chi connectivity index (χ1v) is 5.68. The molecule has 0 bridgehead atoms. The van der Waals surface area contributed by atoms with Gasteiger partial charge in [0, 0.05) is 19.2 Å². The minimum atomic E-state index is -1.18. The van der Waals surface area contributed by atoms with Gasteiger partial charge in [-0.25, -0.2) is 4.79 Å². The molecule has 7 heteroatoms. The molecule has 0 saturated carbocycles. The first-order valence-electron chi connectivity index (χ1n) is 5.68. The van der Waals surface area contributed by atoms with E-state index in [1.807, 2.05) is 13.8 Å². The fourth-order valence-corrected chi connectivity index (χ4v) is 1.40. The van der Waals surface area contributed by atoms with E-state index in [2.05, 4.69) is 5.32 Å². The number of likely N-dealkylation sites (N-methyl/N-ethyl adjacent to an activating group) is 1. The van der Waals surface area contributed by atoms with Gasteiger partial charge in [-0.2, -0.15) is 0 Å². The number of carbonyl (C=O) groups is 3. The van der Waals surface area contributed by atoms with Crippen LogP contribution in [0.15, 0.2) is 16.7 Å². The van der Waals surface area contributed by atoms with Gasteiger partial charge in [0.05, 0.1) is 12.1 Å². The molecule has 0 atom stereocenters. The third-order valence-electron chi connectivity index (χ3n) is 2.23. The molecule has 104 valence electrons. The third kappa shape index (κ3) is 4.13. The second kappa shape index (κ2) is 6.03. The molecule has 2 N–H and O–H groups in total. The molecule has 0 aromatic carbocycles. The van der Waals surface area contributed by atoms with Gasteiger partial charge in [0.2, 0.25) is 5.91 Å². The largest absolute Gasteiger partial charge is 0.478 e. The summed E-state index contributed by atoms with van der Waals surface area (Å²) in [5.41, 5.74) is -0.108. The summed E-state index contributed by atoms with van der Waals surface area (Å²) < 4.78 is 4.87. The van der Waals surface area contributed by atoms with Gasteiger partial charge < -0.3 is 19.7 Å². The Balaban J connectivity index is 2.66. The molecule has 0 fully saturated rings. The number of amides is 2. The molecule has 0 radical (unpaired) electrons. The molecule has 1 aromatic heterocycles. The SMILES string of the molecule is CC(C)NC(=O)CN(C)C(=O)c1cc(C(=O)O)co1. The number of rotatable bonds is 5. The van der Waals surface area contributed by atoms with E-state index in [0.717, 1.165) is 17.2 Å². The maximum Gasteiger partial charge on any atom is 0.338 e. The molecule has 0 aliphatic rings. The van der Waals surface area contributed by atoms with Crippen molar-refractivity contribution in [1.82, 2.24) is 10.2 Å². The van der Waals surface area contributed by atoms with Gasteiger partial charge in [-0.05, 0) is 13.8 Å². The second-order valence-corrected chi connectivity index (χ2v) is 4.39. The summed E-state index contributed by atoms with van der Waals surface area (Å²) in [6, 6.07) is 1.11. The first kappa shape index (κ1) is 14.7. The van der Waals surface area contributed by atoms with Gasteiger partial charge in [0.1, 0.15) is 6.26 Å². The van der Waals surface area contributed by atoms with E-state index in [1.54, 1.807) is 0 Å².